The molecule has 0 saturated carbocycles. The second-order valence-corrected chi connectivity index (χ2v) is 5.15. The topological polar surface area (TPSA) is 32.3 Å². The number of anilines is 1. The van der Waals surface area contributed by atoms with Crippen LogP contribution in [-0.2, 0) is 0 Å². The molecular weight excluding hydrogens is 230 g/mol. The number of thioether (sulfide) groups is 1. The second-order valence-electron chi connectivity index (χ2n) is 4.09. The van der Waals surface area contributed by atoms with Gasteiger partial charge in [-0.3, -0.25) is 0 Å². The Morgan fingerprint density at radius 2 is 1.82 bits per heavy atom. The maximum absolute atomic E-state index is 9.24. The van der Waals surface area contributed by atoms with E-state index in [1.54, 1.807) is 12.1 Å². The number of fused-ring (bicyclic) bond motifs is 1. The molecule has 1 aliphatic rings. The van der Waals surface area contributed by atoms with Crippen molar-refractivity contribution in [3.05, 3.63) is 54.1 Å². The molecule has 3 heteroatoms. The van der Waals surface area contributed by atoms with Crippen LogP contribution >= 0.6 is 11.8 Å². The van der Waals surface area contributed by atoms with Crippen LogP contribution < -0.4 is 5.32 Å². The van der Waals surface area contributed by atoms with Gasteiger partial charge in [0.25, 0.3) is 0 Å². The maximum Gasteiger partial charge on any atom is 0.115 e. The van der Waals surface area contributed by atoms with Gasteiger partial charge >= 0.3 is 0 Å². The molecule has 2 N–H and O–H groups in total. The summed E-state index contributed by atoms with van der Waals surface area (Å²) in [6.07, 6.45) is 0. The minimum absolute atomic E-state index is 0.303. The van der Waals surface area contributed by atoms with E-state index >= 15 is 0 Å². The molecule has 2 aromatic carbocycles. The number of rotatable bonds is 2. The molecule has 0 aliphatic carbocycles. The Labute approximate surface area is 105 Å². The van der Waals surface area contributed by atoms with E-state index in [-0.39, 0.29) is 0 Å². The smallest absolute Gasteiger partial charge is 0.115 e. The molecule has 0 amide bonds. The van der Waals surface area contributed by atoms with Crippen LogP contribution in [0.3, 0.4) is 0 Å². The van der Waals surface area contributed by atoms with Crippen LogP contribution in [0.25, 0.3) is 0 Å². The van der Waals surface area contributed by atoms with E-state index in [0.717, 1.165) is 11.4 Å². The van der Waals surface area contributed by atoms with Gasteiger partial charge in [-0.15, -0.1) is 11.8 Å². The molecule has 86 valence electrons. The summed E-state index contributed by atoms with van der Waals surface area (Å²) in [7, 11) is 0. The first-order valence-electron chi connectivity index (χ1n) is 5.60. The summed E-state index contributed by atoms with van der Waals surface area (Å²) < 4.78 is 0. The first-order valence-corrected chi connectivity index (χ1v) is 6.59. The molecule has 2 nitrogen and oxygen atoms in total. The molecule has 0 bridgehead atoms. The third-order valence-corrected chi connectivity index (χ3v) is 4.09. The SMILES string of the molecule is Oc1ccc(NC2CSc3ccccc32)cc1. The van der Waals surface area contributed by atoms with Gasteiger partial charge in [0.2, 0.25) is 0 Å². The molecule has 17 heavy (non-hydrogen) atoms. The minimum Gasteiger partial charge on any atom is -0.508 e. The largest absolute Gasteiger partial charge is 0.508 e. The van der Waals surface area contributed by atoms with Crippen molar-refractivity contribution < 1.29 is 5.11 Å². The van der Waals surface area contributed by atoms with E-state index in [0.29, 0.717) is 11.8 Å². The highest BCUT2D eigenvalue weighted by Crippen LogP contribution is 2.39. The van der Waals surface area contributed by atoms with Crippen molar-refractivity contribution in [3.63, 3.8) is 0 Å². The van der Waals surface area contributed by atoms with Gasteiger partial charge < -0.3 is 10.4 Å². The van der Waals surface area contributed by atoms with Crippen molar-refractivity contribution in [2.24, 2.45) is 0 Å². The third-order valence-electron chi connectivity index (χ3n) is 2.91. The average Bonchev–Trinajstić information content (AvgIpc) is 2.76. The zero-order chi connectivity index (χ0) is 11.7. The number of phenols is 1. The highest BCUT2D eigenvalue weighted by Gasteiger charge is 2.22. The summed E-state index contributed by atoms with van der Waals surface area (Å²) in [6.45, 7) is 0. The molecule has 0 saturated heterocycles. The molecule has 0 fully saturated rings. The Balaban J connectivity index is 1.81. The molecule has 1 aliphatic heterocycles. The van der Waals surface area contributed by atoms with Gasteiger partial charge in [0, 0.05) is 16.3 Å². The number of hydrogen-bond acceptors (Lipinski definition) is 3. The summed E-state index contributed by atoms with van der Waals surface area (Å²) in [4.78, 5) is 1.36. The van der Waals surface area contributed by atoms with Crippen LogP contribution in [0.5, 0.6) is 5.75 Å². The normalized spacial score (nSPS) is 17.8. The Kier molecular flexibility index (Phi) is 2.69. The van der Waals surface area contributed by atoms with Crippen molar-refractivity contribution in [1.82, 2.24) is 0 Å². The van der Waals surface area contributed by atoms with Crippen molar-refractivity contribution in [3.8, 4) is 5.75 Å². The molecule has 2 aromatic rings. The third kappa shape index (κ3) is 2.11. The van der Waals surface area contributed by atoms with E-state index in [1.165, 1.54) is 10.5 Å². The summed E-state index contributed by atoms with van der Waals surface area (Å²) in [5, 5.41) is 12.7. The zero-order valence-electron chi connectivity index (χ0n) is 9.26. The summed E-state index contributed by atoms with van der Waals surface area (Å²) in [5.41, 5.74) is 2.41. The lowest BCUT2D eigenvalue weighted by Crippen LogP contribution is -2.09. The predicted molar refractivity (Wildman–Crippen MR) is 71.6 cm³/mol. The molecule has 0 radical (unpaired) electrons. The summed E-state index contributed by atoms with van der Waals surface area (Å²) >= 11 is 1.89. The average molecular weight is 243 g/mol. The Hall–Kier alpha value is -1.61. The van der Waals surface area contributed by atoms with Gasteiger partial charge in [-0.05, 0) is 35.9 Å². The molecule has 1 unspecified atom stereocenters. The van der Waals surface area contributed by atoms with Gasteiger partial charge in [0.05, 0.1) is 6.04 Å². The van der Waals surface area contributed by atoms with Crippen LogP contribution in [0.4, 0.5) is 5.69 Å². The van der Waals surface area contributed by atoms with Crippen molar-refractivity contribution >= 4 is 17.4 Å². The fraction of sp³-hybridized carbons (Fsp3) is 0.143. The fourth-order valence-electron chi connectivity index (χ4n) is 2.04. The fourth-order valence-corrected chi connectivity index (χ4v) is 3.20. The second kappa shape index (κ2) is 4.34. The lowest BCUT2D eigenvalue weighted by molar-refractivity contribution is 0.475. The first-order chi connectivity index (χ1) is 8.33. The lowest BCUT2D eigenvalue weighted by Gasteiger charge is -2.14. The maximum atomic E-state index is 9.24. The van der Waals surface area contributed by atoms with Gasteiger partial charge in [0.1, 0.15) is 5.75 Å². The van der Waals surface area contributed by atoms with Gasteiger partial charge in [0.15, 0.2) is 0 Å². The van der Waals surface area contributed by atoms with Crippen molar-refractivity contribution in [2.45, 2.75) is 10.9 Å². The molecule has 0 spiro atoms. The molecular formula is C14H13NOS. The number of aromatic hydroxyl groups is 1. The Morgan fingerprint density at radius 3 is 2.65 bits per heavy atom. The molecule has 1 heterocycles. The van der Waals surface area contributed by atoms with E-state index in [2.05, 4.69) is 29.6 Å². The number of nitrogens with one attached hydrogen (secondary N) is 1. The van der Waals surface area contributed by atoms with Crippen LogP contribution in [0, 0.1) is 0 Å². The summed E-state index contributed by atoms with van der Waals surface area (Å²) in [5.74, 6) is 1.36. The highest BCUT2D eigenvalue weighted by atomic mass is 32.2. The van der Waals surface area contributed by atoms with E-state index < -0.39 is 0 Å². The molecule has 3 rings (SSSR count). The molecule has 0 aromatic heterocycles. The van der Waals surface area contributed by atoms with E-state index in [4.69, 9.17) is 0 Å². The van der Waals surface area contributed by atoms with Crippen molar-refractivity contribution in [2.75, 3.05) is 11.1 Å². The molecule has 1 atom stereocenters. The van der Waals surface area contributed by atoms with E-state index in [9.17, 15) is 5.11 Å². The van der Waals surface area contributed by atoms with Gasteiger partial charge in [-0.1, -0.05) is 18.2 Å². The zero-order valence-corrected chi connectivity index (χ0v) is 10.1. The minimum atomic E-state index is 0.303. The van der Waals surface area contributed by atoms with E-state index in [1.807, 2.05) is 23.9 Å². The first kappa shape index (κ1) is 10.5. The standard InChI is InChI=1S/C14H13NOS/c16-11-7-5-10(6-8-11)15-13-9-17-14-4-2-1-3-12(13)14/h1-8,13,15-16H,9H2. The lowest BCUT2D eigenvalue weighted by atomic mass is 10.1. The monoisotopic (exact) mass is 243 g/mol. The van der Waals surface area contributed by atoms with Crippen LogP contribution in [-0.4, -0.2) is 10.9 Å². The number of phenolic OH excluding ortho intramolecular Hbond substituents is 1. The number of hydrogen-bond donors (Lipinski definition) is 2. The predicted octanol–water partition coefficient (Wildman–Crippen LogP) is 3.65. The van der Waals surface area contributed by atoms with Gasteiger partial charge in [-0.2, -0.15) is 0 Å². The highest BCUT2D eigenvalue weighted by molar-refractivity contribution is 7.99. The van der Waals surface area contributed by atoms with Crippen LogP contribution in [0.1, 0.15) is 11.6 Å². The van der Waals surface area contributed by atoms with Crippen LogP contribution in [0.2, 0.25) is 0 Å². The van der Waals surface area contributed by atoms with Crippen LogP contribution in [0.15, 0.2) is 53.4 Å². The Morgan fingerprint density at radius 1 is 1.06 bits per heavy atom. The quantitative estimate of drug-likeness (QED) is 0.790. The number of benzene rings is 2. The van der Waals surface area contributed by atoms with Crippen molar-refractivity contribution in [1.29, 1.82) is 0 Å². The van der Waals surface area contributed by atoms with Gasteiger partial charge in [-0.25, -0.2) is 0 Å². The Bertz CT molecular complexity index is 524. The summed E-state index contributed by atoms with van der Waals surface area (Å²) in [6, 6.07) is 16.1.